The van der Waals surface area contributed by atoms with Crippen LogP contribution in [0.1, 0.15) is 41.5 Å². The number of sulfone groups is 2. The van der Waals surface area contributed by atoms with Gasteiger partial charge >= 0.3 is 12.2 Å². The van der Waals surface area contributed by atoms with E-state index < -0.39 is 42.7 Å². The Balaban J connectivity index is 5.05. The Morgan fingerprint density at radius 1 is 0.706 bits per heavy atom. The minimum Gasteiger partial charge on any atom is -0.297 e. The Kier molecular flexibility index (Phi) is 11.9. The van der Waals surface area contributed by atoms with Gasteiger partial charge < -0.3 is 0 Å². The van der Waals surface area contributed by atoms with Crippen LogP contribution in [0.5, 0.6) is 0 Å². The first-order valence-electron chi connectivity index (χ1n) is 9.77. The van der Waals surface area contributed by atoms with Gasteiger partial charge in [-0.1, -0.05) is 51.9 Å². The molecule has 0 heterocycles. The van der Waals surface area contributed by atoms with Crippen molar-refractivity contribution in [3.63, 3.8) is 0 Å². The highest BCUT2D eigenvalue weighted by Gasteiger charge is 2.26. The minimum absolute atomic E-state index is 0.178. The van der Waals surface area contributed by atoms with E-state index in [0.29, 0.717) is 0 Å². The van der Waals surface area contributed by atoms with Gasteiger partial charge in [-0.15, -0.1) is 0 Å². The van der Waals surface area contributed by atoms with Crippen LogP contribution >= 0.6 is 22.0 Å². The van der Waals surface area contributed by atoms with Crippen molar-refractivity contribution in [2.45, 2.75) is 41.5 Å². The Bertz CT molecular complexity index is 928. The van der Waals surface area contributed by atoms with Crippen LogP contribution in [0.25, 0.3) is 0 Å². The van der Waals surface area contributed by atoms with Crippen LogP contribution in [0.3, 0.4) is 0 Å². The summed E-state index contributed by atoms with van der Waals surface area (Å²) in [4.78, 5) is 34.1. The summed E-state index contributed by atoms with van der Waals surface area (Å²) in [6, 6.07) is 0. The molecule has 0 fully saturated rings. The van der Waals surface area contributed by atoms with E-state index in [1.54, 1.807) is 41.5 Å². The summed E-state index contributed by atoms with van der Waals surface area (Å²) in [5.41, 5.74) is -0.928. The SMILES string of the molecule is CN(SSN(C)C(=O)ON=C(CS(C)(=O)=O)C(C)(C)C)C(=O)ON=C(CS(C)(=O)=O)C(C)(C)C. The number of hydrogen-bond acceptors (Lipinski definition) is 12. The van der Waals surface area contributed by atoms with Gasteiger partial charge in [0.1, 0.15) is 0 Å². The Morgan fingerprint density at radius 3 is 1.18 bits per heavy atom. The van der Waals surface area contributed by atoms with Gasteiger partial charge in [-0.2, -0.15) is 0 Å². The van der Waals surface area contributed by atoms with E-state index in [4.69, 9.17) is 9.68 Å². The molecule has 0 aliphatic carbocycles. The van der Waals surface area contributed by atoms with E-state index in [9.17, 15) is 26.4 Å². The average molecular weight is 563 g/mol. The molecule has 0 aromatic heterocycles. The molecule has 0 atom stereocenters. The first-order chi connectivity index (χ1) is 15.0. The molecular formula is C18H34N4O8S4. The normalized spacial score (nSPS) is 13.9. The number of hydrogen-bond donors (Lipinski definition) is 0. The summed E-state index contributed by atoms with van der Waals surface area (Å²) in [7, 11) is -2.41. The maximum absolute atomic E-state index is 12.2. The summed E-state index contributed by atoms with van der Waals surface area (Å²) in [6.45, 7) is 10.4. The number of amides is 2. The maximum Gasteiger partial charge on any atom is 0.446 e. The van der Waals surface area contributed by atoms with Crippen molar-refractivity contribution in [2.24, 2.45) is 21.1 Å². The van der Waals surface area contributed by atoms with Crippen molar-refractivity contribution >= 4 is 65.2 Å². The third-order valence-corrected chi connectivity index (χ3v) is 7.72. The largest absolute Gasteiger partial charge is 0.446 e. The van der Waals surface area contributed by atoms with E-state index in [-0.39, 0.29) is 22.9 Å². The van der Waals surface area contributed by atoms with Gasteiger partial charge in [0.25, 0.3) is 0 Å². The molecule has 0 aromatic rings. The molecule has 34 heavy (non-hydrogen) atoms. The second-order valence-electron chi connectivity index (χ2n) is 9.57. The molecule has 0 N–H and O–H groups in total. The number of carbonyl (C=O) groups excluding carboxylic acids is 2. The summed E-state index contributed by atoms with van der Waals surface area (Å²) in [5, 5.41) is 7.43. The molecule has 0 spiro atoms. The molecule has 198 valence electrons. The van der Waals surface area contributed by atoms with Crippen molar-refractivity contribution in [2.75, 3.05) is 38.1 Å². The second-order valence-corrected chi connectivity index (χ2v) is 16.1. The van der Waals surface area contributed by atoms with E-state index in [1.807, 2.05) is 0 Å². The topological polar surface area (TPSA) is 152 Å². The molecule has 0 bridgehead atoms. The zero-order valence-electron chi connectivity index (χ0n) is 21.1. The van der Waals surface area contributed by atoms with Gasteiger partial charge in [0.15, 0.2) is 19.7 Å². The predicted molar refractivity (Wildman–Crippen MR) is 137 cm³/mol. The van der Waals surface area contributed by atoms with Crippen molar-refractivity contribution in [1.82, 2.24) is 8.61 Å². The molecule has 0 saturated carbocycles. The maximum atomic E-state index is 12.2. The third-order valence-electron chi connectivity index (χ3n) is 3.77. The van der Waals surface area contributed by atoms with Gasteiger partial charge in [-0.25, -0.2) is 35.0 Å². The molecular weight excluding hydrogens is 528 g/mol. The molecule has 0 radical (unpaired) electrons. The predicted octanol–water partition coefficient (Wildman–Crippen LogP) is 3.23. The molecule has 0 aromatic carbocycles. The van der Waals surface area contributed by atoms with Crippen LogP contribution in [0.15, 0.2) is 10.3 Å². The fourth-order valence-electron chi connectivity index (χ4n) is 1.72. The lowest BCUT2D eigenvalue weighted by Gasteiger charge is -2.21. The minimum atomic E-state index is -3.38. The first-order valence-corrected chi connectivity index (χ1v) is 16.0. The molecule has 16 heteroatoms. The van der Waals surface area contributed by atoms with Crippen molar-refractivity contribution in [1.29, 1.82) is 0 Å². The van der Waals surface area contributed by atoms with E-state index in [0.717, 1.165) is 43.1 Å². The number of carbonyl (C=O) groups is 2. The monoisotopic (exact) mass is 562 g/mol. The Morgan fingerprint density at radius 2 is 0.971 bits per heavy atom. The Labute approximate surface area is 210 Å². The van der Waals surface area contributed by atoms with Gasteiger partial charge in [0, 0.05) is 59.4 Å². The van der Waals surface area contributed by atoms with Crippen LogP contribution in [0.4, 0.5) is 9.59 Å². The second kappa shape index (κ2) is 12.4. The van der Waals surface area contributed by atoms with E-state index >= 15 is 0 Å². The summed E-state index contributed by atoms with van der Waals surface area (Å²) >= 11 is 0. The molecule has 0 unspecified atom stereocenters. The van der Waals surface area contributed by atoms with Crippen LogP contribution < -0.4 is 0 Å². The zero-order valence-corrected chi connectivity index (χ0v) is 24.4. The molecule has 0 saturated heterocycles. The van der Waals surface area contributed by atoms with Crippen molar-refractivity contribution in [3.05, 3.63) is 0 Å². The first kappa shape index (κ1) is 32.5. The number of oxime groups is 2. The van der Waals surface area contributed by atoms with Crippen LogP contribution in [0, 0.1) is 10.8 Å². The van der Waals surface area contributed by atoms with Gasteiger partial charge in [-0.3, -0.25) is 9.68 Å². The molecule has 12 nitrogen and oxygen atoms in total. The average Bonchev–Trinajstić information content (AvgIpc) is 2.61. The summed E-state index contributed by atoms with van der Waals surface area (Å²) < 4.78 is 48.5. The number of rotatable bonds is 9. The molecule has 0 aliphatic rings. The lowest BCUT2D eigenvalue weighted by Crippen LogP contribution is -2.30. The van der Waals surface area contributed by atoms with Gasteiger partial charge in [0.05, 0.1) is 22.9 Å². The van der Waals surface area contributed by atoms with Crippen LogP contribution in [0.2, 0.25) is 0 Å². The fraction of sp³-hybridized carbons (Fsp3) is 0.778. The fourth-order valence-corrected chi connectivity index (χ4v) is 5.04. The Hall–Kier alpha value is -1.52. The highest BCUT2D eigenvalue weighted by Crippen LogP contribution is 2.29. The molecule has 2 amide bonds. The van der Waals surface area contributed by atoms with Crippen LogP contribution in [-0.4, -0.2) is 87.2 Å². The van der Waals surface area contributed by atoms with E-state index in [1.165, 1.54) is 14.1 Å². The van der Waals surface area contributed by atoms with E-state index in [2.05, 4.69) is 10.3 Å². The van der Waals surface area contributed by atoms with Crippen LogP contribution in [-0.2, 0) is 29.3 Å². The quantitative estimate of drug-likeness (QED) is 0.135. The summed E-state index contributed by atoms with van der Waals surface area (Å²) in [6.07, 6.45) is 0.324. The lowest BCUT2D eigenvalue weighted by atomic mass is 9.91. The smallest absolute Gasteiger partial charge is 0.297 e. The van der Waals surface area contributed by atoms with Crippen molar-refractivity contribution in [3.8, 4) is 0 Å². The molecule has 0 rings (SSSR count). The standard InChI is InChI=1S/C18H34N4O8S4/c1-17(2,3)13(11-33(9,25)26)19-29-15(23)21(7)31-32-22(8)16(24)30-20-14(18(4,5)6)12-34(10,27)28/h11-12H2,1-10H3. The van der Waals surface area contributed by atoms with Gasteiger partial charge in [-0.05, 0) is 0 Å². The lowest BCUT2D eigenvalue weighted by molar-refractivity contribution is 0.134. The zero-order chi connectivity index (χ0) is 27.1. The van der Waals surface area contributed by atoms with Gasteiger partial charge in [0.2, 0.25) is 0 Å². The molecule has 0 aliphatic heterocycles. The van der Waals surface area contributed by atoms with Crippen molar-refractivity contribution < 1.29 is 36.1 Å². The summed E-state index contributed by atoms with van der Waals surface area (Å²) in [5.74, 6) is -0.721. The highest BCUT2D eigenvalue weighted by molar-refractivity contribution is 8.75. The number of nitrogens with zero attached hydrogens (tertiary/aromatic N) is 4. The highest BCUT2D eigenvalue weighted by atomic mass is 33.1. The third kappa shape index (κ3) is 14.0.